The van der Waals surface area contributed by atoms with E-state index in [1.165, 1.54) is 0 Å². The van der Waals surface area contributed by atoms with E-state index in [4.69, 9.17) is 11.6 Å². The van der Waals surface area contributed by atoms with E-state index in [9.17, 15) is 9.59 Å². The quantitative estimate of drug-likeness (QED) is 0.711. The molecule has 2 aromatic carbocycles. The minimum atomic E-state index is -0.716. The van der Waals surface area contributed by atoms with Crippen LogP contribution >= 0.6 is 11.6 Å². The average Bonchev–Trinajstić information content (AvgIpc) is 2.64. The van der Waals surface area contributed by atoms with E-state index < -0.39 is 6.04 Å². The van der Waals surface area contributed by atoms with Gasteiger partial charge in [0.1, 0.15) is 6.04 Å². The SMILES string of the molecule is CNC(=O)[C@H](NC(=O)CN[C@@H](C)c1ccc(Cl)cc1)c1ccccc1. The van der Waals surface area contributed by atoms with Gasteiger partial charge in [-0.05, 0) is 30.2 Å². The Hall–Kier alpha value is -2.37. The molecule has 0 aliphatic heterocycles. The third-order valence-electron chi connectivity index (χ3n) is 3.89. The highest BCUT2D eigenvalue weighted by Gasteiger charge is 2.21. The van der Waals surface area contributed by atoms with Crippen LogP contribution in [0.3, 0.4) is 0 Å². The van der Waals surface area contributed by atoms with E-state index in [2.05, 4.69) is 16.0 Å². The van der Waals surface area contributed by atoms with E-state index in [0.717, 1.165) is 11.1 Å². The van der Waals surface area contributed by atoms with Gasteiger partial charge in [0.25, 0.3) is 0 Å². The van der Waals surface area contributed by atoms with Crippen LogP contribution in [0.25, 0.3) is 0 Å². The summed E-state index contributed by atoms with van der Waals surface area (Å²) < 4.78 is 0. The van der Waals surface area contributed by atoms with Crippen LogP contribution in [0, 0.1) is 0 Å². The summed E-state index contributed by atoms with van der Waals surface area (Å²) in [6.45, 7) is 2.06. The Kier molecular flexibility index (Phi) is 6.98. The van der Waals surface area contributed by atoms with Gasteiger partial charge in [0.2, 0.25) is 11.8 Å². The monoisotopic (exact) mass is 359 g/mol. The molecule has 2 amide bonds. The summed E-state index contributed by atoms with van der Waals surface area (Å²) in [6.07, 6.45) is 0. The van der Waals surface area contributed by atoms with Gasteiger partial charge >= 0.3 is 0 Å². The lowest BCUT2D eigenvalue weighted by Gasteiger charge is -2.19. The van der Waals surface area contributed by atoms with Gasteiger partial charge in [-0.25, -0.2) is 0 Å². The normalized spacial score (nSPS) is 12.9. The van der Waals surface area contributed by atoms with Crippen molar-refractivity contribution in [3.05, 3.63) is 70.7 Å². The number of benzene rings is 2. The lowest BCUT2D eigenvalue weighted by Crippen LogP contribution is -2.42. The zero-order chi connectivity index (χ0) is 18.2. The van der Waals surface area contributed by atoms with Gasteiger partial charge in [0.15, 0.2) is 0 Å². The first kappa shape index (κ1) is 19.0. The molecule has 0 bridgehead atoms. The van der Waals surface area contributed by atoms with Crippen molar-refractivity contribution in [3.63, 3.8) is 0 Å². The molecule has 0 aliphatic carbocycles. The number of hydrogen-bond acceptors (Lipinski definition) is 3. The maximum Gasteiger partial charge on any atom is 0.246 e. The molecule has 5 nitrogen and oxygen atoms in total. The average molecular weight is 360 g/mol. The van der Waals surface area contributed by atoms with E-state index in [0.29, 0.717) is 5.02 Å². The van der Waals surface area contributed by atoms with Gasteiger partial charge in [-0.2, -0.15) is 0 Å². The smallest absolute Gasteiger partial charge is 0.246 e. The first-order valence-electron chi connectivity index (χ1n) is 8.06. The molecule has 0 fully saturated rings. The Bertz CT molecular complexity index is 704. The second kappa shape index (κ2) is 9.20. The molecule has 0 radical (unpaired) electrons. The number of likely N-dealkylation sites (N-methyl/N-ethyl adjacent to an activating group) is 1. The minimum absolute atomic E-state index is 0.0156. The van der Waals surface area contributed by atoms with Crippen molar-refractivity contribution in [1.82, 2.24) is 16.0 Å². The number of carbonyl (C=O) groups excluding carboxylic acids is 2. The van der Waals surface area contributed by atoms with Crippen LogP contribution in [0.15, 0.2) is 54.6 Å². The predicted molar refractivity (Wildman–Crippen MR) is 99.3 cm³/mol. The van der Waals surface area contributed by atoms with Crippen molar-refractivity contribution in [3.8, 4) is 0 Å². The van der Waals surface area contributed by atoms with Crippen LogP contribution in [0.1, 0.15) is 30.1 Å². The van der Waals surface area contributed by atoms with Crippen molar-refractivity contribution in [2.45, 2.75) is 19.0 Å². The molecule has 0 aliphatic rings. The number of amides is 2. The summed E-state index contributed by atoms with van der Waals surface area (Å²) in [7, 11) is 1.55. The molecule has 0 aromatic heterocycles. The summed E-state index contributed by atoms with van der Waals surface area (Å²) in [5, 5.41) is 9.16. The van der Waals surface area contributed by atoms with E-state index in [1.54, 1.807) is 7.05 Å². The fourth-order valence-electron chi connectivity index (χ4n) is 2.42. The summed E-state index contributed by atoms with van der Waals surface area (Å²) in [6, 6.07) is 15.9. The lowest BCUT2D eigenvalue weighted by atomic mass is 10.1. The molecule has 2 atom stereocenters. The summed E-state index contributed by atoms with van der Waals surface area (Å²) in [5.41, 5.74) is 1.77. The number of hydrogen-bond donors (Lipinski definition) is 3. The summed E-state index contributed by atoms with van der Waals surface area (Å²) >= 11 is 5.88. The molecular weight excluding hydrogens is 338 g/mol. The fraction of sp³-hybridized carbons (Fsp3) is 0.263. The van der Waals surface area contributed by atoms with Crippen LogP contribution in [-0.4, -0.2) is 25.4 Å². The van der Waals surface area contributed by atoms with Gasteiger partial charge in [-0.1, -0.05) is 54.1 Å². The molecule has 132 valence electrons. The van der Waals surface area contributed by atoms with Crippen molar-refractivity contribution < 1.29 is 9.59 Å². The molecule has 3 N–H and O–H groups in total. The topological polar surface area (TPSA) is 70.2 Å². The second-order valence-corrected chi connectivity index (χ2v) is 6.12. The van der Waals surface area contributed by atoms with Crippen LogP contribution in [0.4, 0.5) is 0 Å². The highest BCUT2D eigenvalue weighted by atomic mass is 35.5. The Balaban J connectivity index is 1.95. The molecule has 2 aromatic rings. The largest absolute Gasteiger partial charge is 0.357 e. The first-order chi connectivity index (χ1) is 12.0. The number of rotatable bonds is 7. The van der Waals surface area contributed by atoms with E-state index >= 15 is 0 Å². The Labute approximate surface area is 152 Å². The molecule has 6 heteroatoms. The molecular formula is C19H22ClN3O2. The predicted octanol–water partition coefficient (Wildman–Crippen LogP) is 2.59. The van der Waals surface area contributed by atoms with Crippen molar-refractivity contribution in [2.24, 2.45) is 0 Å². The van der Waals surface area contributed by atoms with Gasteiger partial charge in [-0.3, -0.25) is 9.59 Å². The zero-order valence-corrected chi connectivity index (χ0v) is 15.0. The minimum Gasteiger partial charge on any atom is -0.357 e. The standard InChI is InChI=1S/C19H22ClN3O2/c1-13(14-8-10-16(20)11-9-14)22-12-17(24)23-18(19(25)21-2)15-6-4-3-5-7-15/h3-11,13,18,22H,12H2,1-2H3,(H,21,25)(H,23,24)/t13-,18+/m0/s1. The third kappa shape index (κ3) is 5.59. The Morgan fingerprint density at radius 2 is 1.64 bits per heavy atom. The van der Waals surface area contributed by atoms with Crippen molar-refractivity contribution >= 4 is 23.4 Å². The molecule has 0 heterocycles. The molecule has 2 rings (SSSR count). The van der Waals surface area contributed by atoms with Crippen LogP contribution < -0.4 is 16.0 Å². The first-order valence-corrected chi connectivity index (χ1v) is 8.44. The Morgan fingerprint density at radius 1 is 1.00 bits per heavy atom. The van der Waals surface area contributed by atoms with Gasteiger partial charge in [0.05, 0.1) is 6.54 Å². The number of halogens is 1. The van der Waals surface area contributed by atoms with Crippen molar-refractivity contribution in [2.75, 3.05) is 13.6 Å². The Morgan fingerprint density at radius 3 is 2.24 bits per heavy atom. The van der Waals surface area contributed by atoms with Gasteiger partial charge in [0, 0.05) is 18.1 Å². The maximum atomic E-state index is 12.3. The molecule has 0 spiro atoms. The lowest BCUT2D eigenvalue weighted by molar-refractivity contribution is -0.128. The van der Waals surface area contributed by atoms with E-state index in [1.807, 2.05) is 61.5 Å². The number of nitrogens with one attached hydrogen (secondary N) is 3. The van der Waals surface area contributed by atoms with Crippen LogP contribution in [0.2, 0.25) is 5.02 Å². The summed E-state index contributed by atoms with van der Waals surface area (Å²) in [5.74, 6) is -0.511. The summed E-state index contributed by atoms with van der Waals surface area (Å²) in [4.78, 5) is 24.3. The van der Waals surface area contributed by atoms with Crippen molar-refractivity contribution in [1.29, 1.82) is 0 Å². The van der Waals surface area contributed by atoms with Gasteiger partial charge in [-0.15, -0.1) is 0 Å². The second-order valence-electron chi connectivity index (χ2n) is 5.68. The zero-order valence-electron chi connectivity index (χ0n) is 14.3. The molecule has 25 heavy (non-hydrogen) atoms. The van der Waals surface area contributed by atoms with Gasteiger partial charge < -0.3 is 16.0 Å². The molecule has 0 saturated carbocycles. The highest BCUT2D eigenvalue weighted by Crippen LogP contribution is 2.16. The van der Waals surface area contributed by atoms with Crippen LogP contribution in [-0.2, 0) is 9.59 Å². The maximum absolute atomic E-state index is 12.3. The van der Waals surface area contributed by atoms with E-state index in [-0.39, 0.29) is 24.4 Å². The fourth-order valence-corrected chi connectivity index (χ4v) is 2.54. The van der Waals surface area contributed by atoms with Crippen LogP contribution in [0.5, 0.6) is 0 Å². The highest BCUT2D eigenvalue weighted by molar-refractivity contribution is 6.30. The third-order valence-corrected chi connectivity index (χ3v) is 4.14. The molecule has 0 unspecified atom stereocenters. The number of carbonyl (C=O) groups is 2. The molecule has 0 saturated heterocycles.